The molecule has 0 saturated heterocycles. The minimum atomic E-state index is 0. The molecule has 0 radical (unpaired) electrons. The van der Waals surface area contributed by atoms with Gasteiger partial charge in [0.25, 0.3) is 0 Å². The largest absolute Gasteiger partial charge is 0.460 e. The second kappa shape index (κ2) is 7.48. The number of halogens is 3. The molecule has 0 amide bonds. The predicted molar refractivity (Wildman–Crippen MR) is 88.8 cm³/mol. The normalized spacial score (nSPS) is 10.6. The van der Waals surface area contributed by atoms with Gasteiger partial charge in [0, 0.05) is 20.6 Å². The van der Waals surface area contributed by atoms with Crippen molar-refractivity contribution in [3.05, 3.63) is 45.0 Å². The Morgan fingerprint density at radius 2 is 1.89 bits per heavy atom. The van der Waals surface area contributed by atoms with E-state index in [1.54, 1.807) is 0 Å². The van der Waals surface area contributed by atoms with E-state index in [1.807, 2.05) is 30.3 Å². The van der Waals surface area contributed by atoms with E-state index in [0.29, 0.717) is 6.04 Å². The summed E-state index contributed by atoms with van der Waals surface area (Å²) in [6.07, 6.45) is 0. The van der Waals surface area contributed by atoms with Gasteiger partial charge in [-0.15, -0.1) is 12.4 Å². The lowest BCUT2D eigenvalue weighted by Gasteiger charge is -2.05. The van der Waals surface area contributed by atoms with Crippen LogP contribution in [0.1, 0.15) is 19.6 Å². The number of benzene rings is 1. The van der Waals surface area contributed by atoms with Gasteiger partial charge in [0.05, 0.1) is 6.54 Å². The van der Waals surface area contributed by atoms with Crippen molar-refractivity contribution in [1.82, 2.24) is 5.32 Å². The van der Waals surface area contributed by atoms with Crippen molar-refractivity contribution in [2.24, 2.45) is 0 Å². The van der Waals surface area contributed by atoms with Gasteiger partial charge in [-0.05, 0) is 46.3 Å². The molecular weight excluding hydrogens is 393 g/mol. The van der Waals surface area contributed by atoms with Crippen LogP contribution in [-0.4, -0.2) is 6.04 Å². The van der Waals surface area contributed by atoms with E-state index < -0.39 is 0 Å². The number of hydrogen-bond acceptors (Lipinski definition) is 2. The van der Waals surface area contributed by atoms with Gasteiger partial charge in [0.2, 0.25) is 0 Å². The van der Waals surface area contributed by atoms with E-state index in [0.717, 1.165) is 32.6 Å². The van der Waals surface area contributed by atoms with Crippen LogP contribution in [0.15, 0.2) is 43.7 Å². The molecular formula is C14H16Br2ClNO. The molecule has 1 heterocycles. The molecule has 0 saturated carbocycles. The van der Waals surface area contributed by atoms with Gasteiger partial charge in [-0.25, -0.2) is 0 Å². The van der Waals surface area contributed by atoms with Crippen LogP contribution >= 0.6 is 44.3 Å². The second-order valence-corrected chi connectivity index (χ2v) is 6.20. The lowest BCUT2D eigenvalue weighted by molar-refractivity contribution is 0.473. The van der Waals surface area contributed by atoms with Crippen molar-refractivity contribution in [3.8, 4) is 11.3 Å². The Labute approximate surface area is 136 Å². The summed E-state index contributed by atoms with van der Waals surface area (Å²) in [5.41, 5.74) is 1.06. The minimum absolute atomic E-state index is 0. The Kier molecular flexibility index (Phi) is 6.60. The molecule has 1 N–H and O–H groups in total. The van der Waals surface area contributed by atoms with E-state index in [-0.39, 0.29) is 12.4 Å². The first-order valence-corrected chi connectivity index (χ1v) is 7.42. The number of nitrogens with one attached hydrogen (secondary N) is 1. The van der Waals surface area contributed by atoms with Gasteiger partial charge in [-0.1, -0.05) is 29.8 Å². The standard InChI is InChI=1S/C14H15Br2NO.ClH/c1-9(2)17-8-11-4-6-14(18-11)12-5-3-10(15)7-13(12)16;/h3-7,9,17H,8H2,1-2H3;1H. The summed E-state index contributed by atoms with van der Waals surface area (Å²) in [5.74, 6) is 1.84. The first kappa shape index (κ1) is 16.8. The van der Waals surface area contributed by atoms with E-state index in [4.69, 9.17) is 4.42 Å². The van der Waals surface area contributed by atoms with Gasteiger partial charge in [0.1, 0.15) is 11.5 Å². The lowest BCUT2D eigenvalue weighted by Crippen LogP contribution is -2.21. The van der Waals surface area contributed by atoms with Gasteiger partial charge >= 0.3 is 0 Å². The molecule has 19 heavy (non-hydrogen) atoms. The summed E-state index contributed by atoms with van der Waals surface area (Å²) in [4.78, 5) is 0. The van der Waals surface area contributed by atoms with E-state index in [1.165, 1.54) is 0 Å². The van der Waals surface area contributed by atoms with Crippen LogP contribution in [0.25, 0.3) is 11.3 Å². The summed E-state index contributed by atoms with van der Waals surface area (Å²) in [5, 5.41) is 3.34. The van der Waals surface area contributed by atoms with Crippen molar-refractivity contribution in [2.45, 2.75) is 26.4 Å². The summed E-state index contributed by atoms with van der Waals surface area (Å²) in [7, 11) is 0. The minimum Gasteiger partial charge on any atom is -0.460 e. The van der Waals surface area contributed by atoms with Crippen molar-refractivity contribution < 1.29 is 4.42 Å². The van der Waals surface area contributed by atoms with Crippen molar-refractivity contribution in [3.63, 3.8) is 0 Å². The van der Waals surface area contributed by atoms with Crippen LogP contribution in [0.2, 0.25) is 0 Å². The first-order valence-electron chi connectivity index (χ1n) is 5.84. The summed E-state index contributed by atoms with van der Waals surface area (Å²) in [6, 6.07) is 10.5. The Morgan fingerprint density at radius 3 is 2.53 bits per heavy atom. The fraction of sp³-hybridized carbons (Fsp3) is 0.286. The molecule has 0 aliphatic heterocycles. The highest BCUT2D eigenvalue weighted by atomic mass is 79.9. The average Bonchev–Trinajstić information content (AvgIpc) is 2.75. The third-order valence-electron chi connectivity index (χ3n) is 2.54. The van der Waals surface area contributed by atoms with Crippen LogP contribution in [0.4, 0.5) is 0 Å². The van der Waals surface area contributed by atoms with Crippen LogP contribution < -0.4 is 5.32 Å². The van der Waals surface area contributed by atoms with Gasteiger partial charge in [-0.2, -0.15) is 0 Å². The fourth-order valence-corrected chi connectivity index (χ4v) is 2.85. The first-order chi connectivity index (χ1) is 8.56. The molecule has 0 fully saturated rings. The highest BCUT2D eigenvalue weighted by Gasteiger charge is 2.08. The number of hydrogen-bond donors (Lipinski definition) is 1. The monoisotopic (exact) mass is 407 g/mol. The highest BCUT2D eigenvalue weighted by molar-refractivity contribution is 9.11. The molecule has 0 aliphatic carbocycles. The zero-order valence-corrected chi connectivity index (χ0v) is 14.7. The topological polar surface area (TPSA) is 25.2 Å². The molecule has 0 bridgehead atoms. The third-order valence-corrected chi connectivity index (χ3v) is 3.69. The predicted octanol–water partition coefficient (Wildman–Crippen LogP) is 5.39. The maximum absolute atomic E-state index is 5.83. The van der Waals surface area contributed by atoms with E-state index in [9.17, 15) is 0 Å². The third kappa shape index (κ3) is 4.63. The van der Waals surface area contributed by atoms with Crippen LogP contribution in [-0.2, 0) is 6.54 Å². The van der Waals surface area contributed by atoms with Crippen LogP contribution in [0.3, 0.4) is 0 Å². The Bertz CT molecular complexity index is 540. The SMILES string of the molecule is CC(C)NCc1ccc(-c2ccc(Br)cc2Br)o1.Cl. The lowest BCUT2D eigenvalue weighted by atomic mass is 10.2. The summed E-state index contributed by atoms with van der Waals surface area (Å²) >= 11 is 6.99. The van der Waals surface area contributed by atoms with Crippen LogP contribution in [0, 0.1) is 0 Å². The molecule has 1 aromatic heterocycles. The maximum Gasteiger partial charge on any atom is 0.135 e. The molecule has 2 rings (SSSR count). The van der Waals surface area contributed by atoms with E-state index in [2.05, 4.69) is 51.0 Å². The zero-order chi connectivity index (χ0) is 13.1. The molecule has 0 spiro atoms. The quantitative estimate of drug-likeness (QED) is 0.732. The Balaban J connectivity index is 0.00000180. The average molecular weight is 410 g/mol. The van der Waals surface area contributed by atoms with Crippen molar-refractivity contribution in [2.75, 3.05) is 0 Å². The van der Waals surface area contributed by atoms with Crippen LogP contribution in [0.5, 0.6) is 0 Å². The van der Waals surface area contributed by atoms with E-state index >= 15 is 0 Å². The molecule has 104 valence electrons. The smallest absolute Gasteiger partial charge is 0.135 e. The molecule has 1 aromatic carbocycles. The van der Waals surface area contributed by atoms with Crippen molar-refractivity contribution >= 4 is 44.3 Å². The molecule has 0 aliphatic rings. The summed E-state index contributed by atoms with van der Waals surface area (Å²) < 4.78 is 7.90. The molecule has 5 heteroatoms. The summed E-state index contributed by atoms with van der Waals surface area (Å²) in [6.45, 7) is 5.00. The Hall–Kier alpha value is -0.290. The highest BCUT2D eigenvalue weighted by Crippen LogP contribution is 2.31. The van der Waals surface area contributed by atoms with Gasteiger partial charge in [0.15, 0.2) is 0 Å². The number of rotatable bonds is 4. The Morgan fingerprint density at radius 1 is 1.16 bits per heavy atom. The van der Waals surface area contributed by atoms with Gasteiger partial charge in [-0.3, -0.25) is 0 Å². The maximum atomic E-state index is 5.83. The van der Waals surface area contributed by atoms with Gasteiger partial charge < -0.3 is 9.73 Å². The number of furan rings is 1. The van der Waals surface area contributed by atoms with Crippen molar-refractivity contribution in [1.29, 1.82) is 0 Å². The second-order valence-electron chi connectivity index (χ2n) is 4.43. The molecule has 0 unspecified atom stereocenters. The molecule has 2 aromatic rings. The zero-order valence-electron chi connectivity index (χ0n) is 10.7. The molecule has 2 nitrogen and oxygen atoms in total. The fourth-order valence-electron chi connectivity index (χ4n) is 1.61. The molecule has 0 atom stereocenters.